The quantitative estimate of drug-likeness (QED) is 0.831. The van der Waals surface area contributed by atoms with Crippen molar-refractivity contribution in [3.05, 3.63) is 57.2 Å². The molecule has 0 bridgehead atoms. The number of hydrogen-bond donors (Lipinski definition) is 2. The lowest BCUT2D eigenvalue weighted by Gasteiger charge is -2.19. The molecule has 6 heteroatoms. The van der Waals surface area contributed by atoms with Crippen molar-refractivity contribution in [2.24, 2.45) is 0 Å². The maximum atomic E-state index is 12.3. The van der Waals surface area contributed by atoms with Crippen LogP contribution in [0.1, 0.15) is 42.8 Å². The highest BCUT2D eigenvalue weighted by Crippen LogP contribution is 2.23. The lowest BCUT2D eigenvalue weighted by atomic mass is 10.1. The number of carbonyl (C=O) groups excluding carboxylic acids is 2. The summed E-state index contributed by atoms with van der Waals surface area (Å²) in [7, 11) is 0. The second kappa shape index (κ2) is 8.13. The number of amides is 2. The summed E-state index contributed by atoms with van der Waals surface area (Å²) in [6.07, 6.45) is 0.199. The van der Waals surface area contributed by atoms with Gasteiger partial charge in [0.2, 0.25) is 11.8 Å². The number of rotatable bonds is 6. The van der Waals surface area contributed by atoms with Gasteiger partial charge in [0, 0.05) is 16.8 Å². The van der Waals surface area contributed by atoms with Gasteiger partial charge in [-0.05, 0) is 36.1 Å². The molecule has 1 aromatic carbocycles. The van der Waals surface area contributed by atoms with Gasteiger partial charge in [0.15, 0.2) is 0 Å². The highest BCUT2D eigenvalue weighted by Gasteiger charge is 2.19. The van der Waals surface area contributed by atoms with Crippen LogP contribution in [0.2, 0.25) is 5.02 Å². The van der Waals surface area contributed by atoms with Crippen LogP contribution >= 0.6 is 22.9 Å². The minimum Gasteiger partial charge on any atom is -0.350 e. The van der Waals surface area contributed by atoms with Gasteiger partial charge in [0.25, 0.3) is 0 Å². The second-order valence-corrected chi connectivity index (χ2v) is 6.73. The summed E-state index contributed by atoms with van der Waals surface area (Å²) in [5, 5.41) is 8.33. The molecule has 0 unspecified atom stereocenters. The number of halogens is 1. The van der Waals surface area contributed by atoms with Gasteiger partial charge in [-0.2, -0.15) is 0 Å². The van der Waals surface area contributed by atoms with Gasteiger partial charge in [0.1, 0.15) is 0 Å². The van der Waals surface area contributed by atoms with Crippen LogP contribution in [0.25, 0.3) is 0 Å². The molecule has 0 spiro atoms. The van der Waals surface area contributed by atoms with Crippen LogP contribution in [0.4, 0.5) is 0 Å². The van der Waals surface area contributed by atoms with Crippen molar-refractivity contribution in [1.29, 1.82) is 0 Å². The van der Waals surface area contributed by atoms with E-state index in [2.05, 4.69) is 10.6 Å². The van der Waals surface area contributed by atoms with E-state index in [-0.39, 0.29) is 30.3 Å². The monoisotopic (exact) mass is 350 g/mol. The second-order valence-electron chi connectivity index (χ2n) is 5.32. The summed E-state index contributed by atoms with van der Waals surface area (Å²) in [6, 6.07) is 10.8. The Hall–Kier alpha value is -1.85. The third kappa shape index (κ3) is 5.37. The average molecular weight is 351 g/mol. The van der Waals surface area contributed by atoms with E-state index < -0.39 is 0 Å². The van der Waals surface area contributed by atoms with E-state index in [1.807, 2.05) is 42.6 Å². The van der Waals surface area contributed by atoms with Crippen LogP contribution in [0.15, 0.2) is 41.8 Å². The summed E-state index contributed by atoms with van der Waals surface area (Å²) in [5.41, 5.74) is 0.943. The van der Waals surface area contributed by atoms with Gasteiger partial charge in [-0.1, -0.05) is 29.8 Å². The molecule has 0 fully saturated rings. The zero-order valence-corrected chi connectivity index (χ0v) is 14.6. The molecule has 0 aliphatic rings. The molecule has 0 aliphatic heterocycles. The van der Waals surface area contributed by atoms with E-state index in [1.165, 1.54) is 18.3 Å². The third-order valence-electron chi connectivity index (χ3n) is 3.38. The van der Waals surface area contributed by atoms with Crippen molar-refractivity contribution in [1.82, 2.24) is 10.6 Å². The summed E-state index contributed by atoms with van der Waals surface area (Å²) in [4.78, 5) is 24.6. The molecule has 0 saturated carbocycles. The molecule has 0 radical (unpaired) electrons. The van der Waals surface area contributed by atoms with Crippen molar-refractivity contribution in [2.45, 2.75) is 32.4 Å². The first-order valence-electron chi connectivity index (χ1n) is 7.31. The van der Waals surface area contributed by atoms with Crippen molar-refractivity contribution in [2.75, 3.05) is 0 Å². The van der Waals surface area contributed by atoms with Gasteiger partial charge >= 0.3 is 0 Å². The Labute approximate surface area is 144 Å². The predicted octanol–water partition coefficient (Wildman–Crippen LogP) is 3.85. The summed E-state index contributed by atoms with van der Waals surface area (Å²) >= 11 is 7.50. The minimum atomic E-state index is -0.306. The largest absolute Gasteiger partial charge is 0.350 e. The summed E-state index contributed by atoms with van der Waals surface area (Å²) in [6.45, 7) is 3.36. The van der Waals surface area contributed by atoms with Crippen LogP contribution in [0.3, 0.4) is 0 Å². The fourth-order valence-corrected chi connectivity index (χ4v) is 3.28. The highest BCUT2D eigenvalue weighted by atomic mass is 35.5. The van der Waals surface area contributed by atoms with Crippen LogP contribution in [0.5, 0.6) is 0 Å². The maximum absolute atomic E-state index is 12.3. The topological polar surface area (TPSA) is 58.2 Å². The lowest BCUT2D eigenvalue weighted by molar-refractivity contribution is -0.123. The molecule has 2 aromatic rings. The zero-order valence-electron chi connectivity index (χ0n) is 13.0. The van der Waals surface area contributed by atoms with Crippen molar-refractivity contribution >= 4 is 34.8 Å². The number of carbonyl (C=O) groups is 2. The van der Waals surface area contributed by atoms with E-state index in [9.17, 15) is 9.59 Å². The molecular weight excluding hydrogens is 332 g/mol. The molecule has 2 N–H and O–H groups in total. The fourth-order valence-electron chi connectivity index (χ4n) is 2.30. The Morgan fingerprint density at radius 3 is 2.61 bits per heavy atom. The number of thiophene rings is 1. The summed E-state index contributed by atoms with van der Waals surface area (Å²) in [5.74, 6) is -0.274. The molecule has 2 rings (SSSR count). The Bertz CT molecular complexity index is 673. The maximum Gasteiger partial charge on any atom is 0.222 e. The van der Waals surface area contributed by atoms with Crippen molar-refractivity contribution in [3.63, 3.8) is 0 Å². The Morgan fingerprint density at radius 2 is 2.00 bits per heavy atom. The van der Waals surface area contributed by atoms with Gasteiger partial charge in [-0.25, -0.2) is 0 Å². The molecule has 2 amide bonds. The SMILES string of the molecule is CC(=O)N[C@H](CC(=O)N[C@H](C)c1cccc(Cl)c1)c1cccs1. The lowest BCUT2D eigenvalue weighted by Crippen LogP contribution is -2.33. The molecule has 1 aromatic heterocycles. The first-order chi connectivity index (χ1) is 11.0. The van der Waals surface area contributed by atoms with Gasteiger partial charge in [-0.15, -0.1) is 11.3 Å². The fraction of sp³-hybridized carbons (Fsp3) is 0.294. The normalized spacial score (nSPS) is 13.2. The number of nitrogens with one attached hydrogen (secondary N) is 2. The Balaban J connectivity index is 2.00. The Kier molecular flexibility index (Phi) is 6.19. The van der Waals surface area contributed by atoms with Gasteiger partial charge in [0.05, 0.1) is 18.5 Å². The van der Waals surface area contributed by atoms with E-state index >= 15 is 0 Å². The molecule has 0 aliphatic carbocycles. The highest BCUT2D eigenvalue weighted by molar-refractivity contribution is 7.10. The third-order valence-corrected chi connectivity index (χ3v) is 4.60. The number of benzene rings is 1. The average Bonchev–Trinajstić information content (AvgIpc) is 3.00. The Morgan fingerprint density at radius 1 is 1.22 bits per heavy atom. The van der Waals surface area contributed by atoms with E-state index in [0.717, 1.165) is 10.4 Å². The van der Waals surface area contributed by atoms with Crippen LogP contribution in [-0.2, 0) is 9.59 Å². The molecule has 0 saturated heterocycles. The predicted molar refractivity (Wildman–Crippen MR) is 93.5 cm³/mol. The molecule has 4 nitrogen and oxygen atoms in total. The van der Waals surface area contributed by atoms with Crippen LogP contribution in [0, 0.1) is 0 Å². The number of hydrogen-bond acceptors (Lipinski definition) is 3. The molecule has 2 atom stereocenters. The van der Waals surface area contributed by atoms with Gasteiger partial charge < -0.3 is 10.6 Å². The van der Waals surface area contributed by atoms with Crippen LogP contribution < -0.4 is 10.6 Å². The smallest absolute Gasteiger partial charge is 0.222 e. The first-order valence-corrected chi connectivity index (χ1v) is 8.57. The van der Waals surface area contributed by atoms with E-state index in [1.54, 1.807) is 6.07 Å². The zero-order chi connectivity index (χ0) is 16.8. The van der Waals surface area contributed by atoms with Crippen LogP contribution in [-0.4, -0.2) is 11.8 Å². The van der Waals surface area contributed by atoms with Crippen molar-refractivity contribution < 1.29 is 9.59 Å². The molecule has 122 valence electrons. The summed E-state index contributed by atoms with van der Waals surface area (Å²) < 4.78 is 0. The van der Waals surface area contributed by atoms with Gasteiger partial charge in [-0.3, -0.25) is 9.59 Å². The van der Waals surface area contributed by atoms with E-state index in [0.29, 0.717) is 5.02 Å². The molecular formula is C17H19ClN2O2S. The van der Waals surface area contributed by atoms with Crippen molar-refractivity contribution in [3.8, 4) is 0 Å². The first kappa shape index (κ1) is 17.5. The molecule has 23 heavy (non-hydrogen) atoms. The molecule has 1 heterocycles. The standard InChI is InChI=1S/C17H19ClN2O2S/c1-11(13-5-3-6-14(18)9-13)19-17(22)10-15(20-12(2)21)16-7-4-8-23-16/h3-9,11,15H,10H2,1-2H3,(H,19,22)(H,20,21)/t11-,15-/m1/s1. The minimum absolute atomic E-state index is 0.121. The van der Waals surface area contributed by atoms with E-state index in [4.69, 9.17) is 11.6 Å².